The Labute approximate surface area is 115 Å². The highest BCUT2D eigenvalue weighted by Crippen LogP contribution is 2.27. The Bertz CT molecular complexity index is 526. The van der Waals surface area contributed by atoms with Crippen LogP contribution in [0.1, 0.15) is 5.56 Å². The molecule has 0 saturated carbocycles. The van der Waals surface area contributed by atoms with Crippen molar-refractivity contribution in [2.45, 2.75) is 6.61 Å². The summed E-state index contributed by atoms with van der Waals surface area (Å²) in [7, 11) is 0. The fourth-order valence-corrected chi connectivity index (χ4v) is 1.93. The van der Waals surface area contributed by atoms with Gasteiger partial charge in [0.25, 0.3) is 0 Å². The third-order valence-corrected chi connectivity index (χ3v) is 3.32. The minimum atomic E-state index is 0.361. The molecule has 4 heteroatoms. The van der Waals surface area contributed by atoms with Crippen LogP contribution in [0.2, 0.25) is 15.1 Å². The molecule has 0 unspecified atom stereocenters. The first-order chi connectivity index (χ1) is 8.16. The number of hydrogen-bond donors (Lipinski definition) is 0. The molecule has 2 aromatic carbocycles. The van der Waals surface area contributed by atoms with Gasteiger partial charge >= 0.3 is 0 Å². The largest absolute Gasteiger partial charge is 0.489 e. The summed E-state index contributed by atoms with van der Waals surface area (Å²) in [5.74, 6) is 0.702. The minimum absolute atomic E-state index is 0.361. The minimum Gasteiger partial charge on any atom is -0.489 e. The zero-order valence-electron chi connectivity index (χ0n) is 8.79. The van der Waals surface area contributed by atoms with Gasteiger partial charge in [0, 0.05) is 10.6 Å². The van der Waals surface area contributed by atoms with Crippen LogP contribution in [0, 0.1) is 0 Å². The summed E-state index contributed by atoms with van der Waals surface area (Å²) in [5, 5.41) is 1.69. The van der Waals surface area contributed by atoms with Crippen molar-refractivity contribution in [1.82, 2.24) is 0 Å². The van der Waals surface area contributed by atoms with Crippen LogP contribution in [-0.4, -0.2) is 0 Å². The first-order valence-corrected chi connectivity index (χ1v) is 6.11. The van der Waals surface area contributed by atoms with Crippen LogP contribution in [0.3, 0.4) is 0 Å². The second-order valence-electron chi connectivity index (χ2n) is 3.46. The van der Waals surface area contributed by atoms with Gasteiger partial charge in [-0.25, -0.2) is 0 Å². The van der Waals surface area contributed by atoms with E-state index in [0.717, 1.165) is 5.56 Å². The Hall–Kier alpha value is -0.890. The van der Waals surface area contributed by atoms with Crippen LogP contribution in [0.25, 0.3) is 0 Å². The van der Waals surface area contributed by atoms with Crippen LogP contribution in [0.4, 0.5) is 0 Å². The summed E-state index contributed by atoms with van der Waals surface area (Å²) in [6.45, 7) is 0.361. The SMILES string of the molecule is Clc1cccc(OCc2cccc(Cl)c2Cl)c1. The second kappa shape index (κ2) is 5.63. The zero-order valence-corrected chi connectivity index (χ0v) is 11.1. The van der Waals surface area contributed by atoms with E-state index in [1.807, 2.05) is 24.3 Å². The highest BCUT2D eigenvalue weighted by molar-refractivity contribution is 6.42. The van der Waals surface area contributed by atoms with Crippen molar-refractivity contribution in [2.24, 2.45) is 0 Å². The third-order valence-electron chi connectivity index (χ3n) is 2.22. The van der Waals surface area contributed by atoms with E-state index in [0.29, 0.717) is 27.4 Å². The van der Waals surface area contributed by atoms with E-state index in [1.54, 1.807) is 18.2 Å². The van der Waals surface area contributed by atoms with Gasteiger partial charge < -0.3 is 4.74 Å². The Morgan fingerprint density at radius 1 is 0.941 bits per heavy atom. The molecule has 0 aliphatic heterocycles. The molecule has 2 rings (SSSR count). The predicted octanol–water partition coefficient (Wildman–Crippen LogP) is 5.23. The molecule has 0 heterocycles. The van der Waals surface area contributed by atoms with E-state index in [-0.39, 0.29) is 0 Å². The van der Waals surface area contributed by atoms with Crippen molar-refractivity contribution in [3.63, 3.8) is 0 Å². The molecule has 0 spiro atoms. The molecule has 0 atom stereocenters. The first-order valence-electron chi connectivity index (χ1n) is 4.98. The number of ether oxygens (including phenoxy) is 1. The van der Waals surface area contributed by atoms with Crippen LogP contribution in [0.5, 0.6) is 5.75 Å². The van der Waals surface area contributed by atoms with Gasteiger partial charge in [-0.05, 0) is 24.3 Å². The van der Waals surface area contributed by atoms with Crippen LogP contribution >= 0.6 is 34.8 Å². The molecular weight excluding hydrogens is 279 g/mol. The standard InChI is InChI=1S/C13H9Cl3O/c14-10-4-2-5-11(7-10)17-8-9-3-1-6-12(15)13(9)16/h1-7H,8H2. The summed E-state index contributed by atoms with van der Waals surface area (Å²) in [5.41, 5.74) is 0.846. The van der Waals surface area contributed by atoms with E-state index < -0.39 is 0 Å². The maximum atomic E-state index is 6.05. The highest BCUT2D eigenvalue weighted by Gasteiger charge is 2.05. The lowest BCUT2D eigenvalue weighted by molar-refractivity contribution is 0.306. The third kappa shape index (κ3) is 3.29. The second-order valence-corrected chi connectivity index (χ2v) is 4.68. The number of hydrogen-bond acceptors (Lipinski definition) is 1. The monoisotopic (exact) mass is 286 g/mol. The molecule has 0 aliphatic carbocycles. The average molecular weight is 288 g/mol. The van der Waals surface area contributed by atoms with Gasteiger partial charge in [-0.1, -0.05) is 53.0 Å². The number of benzene rings is 2. The fraction of sp³-hybridized carbons (Fsp3) is 0.0769. The van der Waals surface area contributed by atoms with E-state index in [1.165, 1.54) is 0 Å². The van der Waals surface area contributed by atoms with E-state index in [9.17, 15) is 0 Å². The van der Waals surface area contributed by atoms with Gasteiger partial charge in [0.05, 0.1) is 10.0 Å². The molecule has 0 amide bonds. The molecule has 0 aromatic heterocycles. The van der Waals surface area contributed by atoms with Crippen LogP contribution in [0.15, 0.2) is 42.5 Å². The van der Waals surface area contributed by atoms with Gasteiger partial charge in [0.1, 0.15) is 12.4 Å². The van der Waals surface area contributed by atoms with Gasteiger partial charge in [0.15, 0.2) is 0 Å². The lowest BCUT2D eigenvalue weighted by atomic mass is 10.2. The first kappa shape index (κ1) is 12.6. The summed E-state index contributed by atoms with van der Waals surface area (Å²) in [6.07, 6.45) is 0. The Kier molecular flexibility index (Phi) is 4.16. The topological polar surface area (TPSA) is 9.23 Å². The van der Waals surface area contributed by atoms with Crippen molar-refractivity contribution in [1.29, 1.82) is 0 Å². The molecule has 0 radical (unpaired) electrons. The molecule has 0 N–H and O–H groups in total. The quantitative estimate of drug-likeness (QED) is 0.751. The van der Waals surface area contributed by atoms with Crippen molar-refractivity contribution in [3.8, 4) is 5.75 Å². The summed E-state index contributed by atoms with van der Waals surface area (Å²) in [6, 6.07) is 12.7. The normalized spacial score (nSPS) is 10.3. The summed E-state index contributed by atoms with van der Waals surface area (Å²) >= 11 is 17.8. The van der Waals surface area contributed by atoms with E-state index in [2.05, 4.69) is 0 Å². The van der Waals surface area contributed by atoms with Gasteiger partial charge in [-0.15, -0.1) is 0 Å². The molecule has 0 aliphatic rings. The Morgan fingerprint density at radius 2 is 1.71 bits per heavy atom. The van der Waals surface area contributed by atoms with Crippen LogP contribution < -0.4 is 4.74 Å². The molecule has 2 aromatic rings. The van der Waals surface area contributed by atoms with Gasteiger partial charge in [-0.3, -0.25) is 0 Å². The molecule has 0 bridgehead atoms. The Balaban J connectivity index is 2.10. The smallest absolute Gasteiger partial charge is 0.121 e. The molecule has 0 fully saturated rings. The average Bonchev–Trinajstić information content (AvgIpc) is 2.31. The molecular formula is C13H9Cl3O. The molecule has 1 nitrogen and oxygen atoms in total. The number of rotatable bonds is 3. The maximum absolute atomic E-state index is 6.05. The highest BCUT2D eigenvalue weighted by atomic mass is 35.5. The van der Waals surface area contributed by atoms with Crippen molar-refractivity contribution in [2.75, 3.05) is 0 Å². The van der Waals surface area contributed by atoms with Crippen molar-refractivity contribution < 1.29 is 4.74 Å². The lowest BCUT2D eigenvalue weighted by Gasteiger charge is -2.08. The van der Waals surface area contributed by atoms with Crippen molar-refractivity contribution >= 4 is 34.8 Å². The summed E-state index contributed by atoms with van der Waals surface area (Å²) in [4.78, 5) is 0. The molecule has 17 heavy (non-hydrogen) atoms. The predicted molar refractivity (Wildman–Crippen MR) is 72.2 cm³/mol. The maximum Gasteiger partial charge on any atom is 0.121 e. The Morgan fingerprint density at radius 3 is 2.47 bits per heavy atom. The summed E-state index contributed by atoms with van der Waals surface area (Å²) < 4.78 is 5.58. The van der Waals surface area contributed by atoms with E-state index >= 15 is 0 Å². The number of halogens is 3. The van der Waals surface area contributed by atoms with Crippen LogP contribution in [-0.2, 0) is 6.61 Å². The molecule has 88 valence electrons. The fourth-order valence-electron chi connectivity index (χ4n) is 1.38. The zero-order chi connectivity index (χ0) is 12.3. The van der Waals surface area contributed by atoms with Crippen molar-refractivity contribution in [3.05, 3.63) is 63.1 Å². The van der Waals surface area contributed by atoms with E-state index in [4.69, 9.17) is 39.5 Å². The van der Waals surface area contributed by atoms with Gasteiger partial charge in [0.2, 0.25) is 0 Å². The lowest BCUT2D eigenvalue weighted by Crippen LogP contribution is -1.96. The molecule has 0 saturated heterocycles. The van der Waals surface area contributed by atoms with Gasteiger partial charge in [-0.2, -0.15) is 0 Å².